The van der Waals surface area contributed by atoms with Crippen LogP contribution >= 0.6 is 35.1 Å². The lowest BCUT2D eigenvalue weighted by Gasteiger charge is -1.97. The molecule has 0 unspecified atom stereocenters. The number of halogens is 1. The predicted molar refractivity (Wildman–Crippen MR) is 67.1 cm³/mol. The van der Waals surface area contributed by atoms with E-state index < -0.39 is 0 Å². The van der Waals surface area contributed by atoms with Crippen molar-refractivity contribution in [1.29, 1.82) is 0 Å². The molecule has 3 nitrogen and oxygen atoms in total. The molecule has 0 amide bonds. The fourth-order valence-corrected chi connectivity index (χ4v) is 2.22. The minimum Gasteiger partial charge on any atom is -0.415 e. The second kappa shape index (κ2) is 5.61. The van der Waals surface area contributed by atoms with E-state index in [4.69, 9.17) is 16.0 Å². The van der Waals surface area contributed by atoms with Gasteiger partial charge in [-0.3, -0.25) is 0 Å². The minimum absolute atomic E-state index is 0.603. The lowest BCUT2D eigenvalue weighted by molar-refractivity contribution is 0.427. The first-order valence-corrected chi connectivity index (χ1v) is 7.11. The Morgan fingerprint density at radius 2 is 2.00 bits per heavy atom. The molecule has 0 saturated heterocycles. The van der Waals surface area contributed by atoms with Gasteiger partial charge in [0.1, 0.15) is 0 Å². The number of benzene rings is 1. The monoisotopic (exact) mass is 272 g/mol. The van der Waals surface area contributed by atoms with Crippen LogP contribution < -0.4 is 0 Å². The van der Waals surface area contributed by atoms with Gasteiger partial charge in [0.15, 0.2) is 0 Å². The molecule has 84 valence electrons. The number of thioether (sulfide) groups is 2. The summed E-state index contributed by atoms with van der Waals surface area (Å²) in [4.78, 5) is 1.13. The maximum Gasteiger partial charge on any atom is 0.276 e. The lowest BCUT2D eigenvalue weighted by Crippen LogP contribution is -1.80. The van der Waals surface area contributed by atoms with Crippen molar-refractivity contribution in [2.24, 2.45) is 0 Å². The Hall–Kier alpha value is -0.650. The average molecular weight is 273 g/mol. The number of hydrogen-bond acceptors (Lipinski definition) is 5. The molecule has 0 saturated carbocycles. The Balaban J connectivity index is 1.94. The summed E-state index contributed by atoms with van der Waals surface area (Å²) in [5.74, 6) is 1.32. The van der Waals surface area contributed by atoms with Crippen molar-refractivity contribution in [3.05, 3.63) is 35.2 Å². The molecule has 2 aromatic rings. The van der Waals surface area contributed by atoms with Crippen LogP contribution in [-0.2, 0) is 5.75 Å². The third-order valence-corrected chi connectivity index (χ3v) is 3.56. The highest BCUT2D eigenvalue weighted by Crippen LogP contribution is 2.24. The molecule has 0 fully saturated rings. The van der Waals surface area contributed by atoms with Crippen LogP contribution in [0.5, 0.6) is 0 Å². The van der Waals surface area contributed by atoms with Crippen molar-refractivity contribution < 1.29 is 4.42 Å². The van der Waals surface area contributed by atoms with Gasteiger partial charge in [-0.25, -0.2) is 0 Å². The third kappa shape index (κ3) is 3.17. The minimum atomic E-state index is 0.603. The van der Waals surface area contributed by atoms with Gasteiger partial charge in [0.05, 0.1) is 5.75 Å². The van der Waals surface area contributed by atoms with Crippen LogP contribution in [0.4, 0.5) is 0 Å². The van der Waals surface area contributed by atoms with E-state index in [9.17, 15) is 0 Å². The smallest absolute Gasteiger partial charge is 0.276 e. The number of nitrogens with zero attached hydrogens (tertiary/aromatic N) is 2. The summed E-state index contributed by atoms with van der Waals surface area (Å²) in [5, 5.41) is 9.15. The maximum atomic E-state index is 5.80. The highest BCUT2D eigenvalue weighted by Gasteiger charge is 2.05. The Morgan fingerprint density at radius 3 is 2.62 bits per heavy atom. The van der Waals surface area contributed by atoms with Gasteiger partial charge in [0.25, 0.3) is 5.22 Å². The molecule has 0 spiro atoms. The normalized spacial score (nSPS) is 10.6. The van der Waals surface area contributed by atoms with Crippen LogP contribution in [0.25, 0.3) is 0 Å². The summed E-state index contributed by atoms with van der Waals surface area (Å²) in [6.45, 7) is 0. The van der Waals surface area contributed by atoms with E-state index >= 15 is 0 Å². The number of aromatic nitrogens is 2. The van der Waals surface area contributed by atoms with Crippen LogP contribution in [0.2, 0.25) is 5.02 Å². The van der Waals surface area contributed by atoms with Crippen molar-refractivity contribution in [3.63, 3.8) is 0 Å². The molecule has 6 heteroatoms. The molecule has 0 bridgehead atoms. The summed E-state index contributed by atoms with van der Waals surface area (Å²) in [6.07, 6.45) is 1.91. The molecule has 0 atom stereocenters. The largest absolute Gasteiger partial charge is 0.415 e. The first-order chi connectivity index (χ1) is 7.78. The van der Waals surface area contributed by atoms with E-state index in [2.05, 4.69) is 10.2 Å². The van der Waals surface area contributed by atoms with Crippen LogP contribution in [-0.4, -0.2) is 16.5 Å². The van der Waals surface area contributed by atoms with Gasteiger partial charge in [-0.15, -0.1) is 22.0 Å². The van der Waals surface area contributed by atoms with Gasteiger partial charge in [0, 0.05) is 9.92 Å². The Bertz CT molecular complexity index is 458. The number of hydrogen-bond donors (Lipinski definition) is 0. The van der Waals surface area contributed by atoms with Crippen molar-refractivity contribution in [2.75, 3.05) is 6.26 Å². The fraction of sp³-hybridized carbons (Fsp3) is 0.200. The third-order valence-electron chi connectivity index (χ3n) is 1.80. The van der Waals surface area contributed by atoms with E-state index in [0.717, 1.165) is 9.92 Å². The van der Waals surface area contributed by atoms with Crippen LogP contribution in [0.15, 0.2) is 38.8 Å². The van der Waals surface area contributed by atoms with Crippen LogP contribution in [0.3, 0.4) is 0 Å². The van der Waals surface area contributed by atoms with Crippen LogP contribution in [0, 0.1) is 0 Å². The SMILES string of the molecule is CSc1nnc(CSc2ccc(Cl)cc2)o1. The van der Waals surface area contributed by atoms with Gasteiger partial charge >= 0.3 is 0 Å². The summed E-state index contributed by atoms with van der Waals surface area (Å²) in [7, 11) is 0. The van der Waals surface area contributed by atoms with Gasteiger partial charge < -0.3 is 4.42 Å². The van der Waals surface area contributed by atoms with E-state index in [1.165, 1.54) is 11.8 Å². The average Bonchev–Trinajstić information content (AvgIpc) is 2.76. The van der Waals surface area contributed by atoms with E-state index in [1.54, 1.807) is 11.8 Å². The van der Waals surface area contributed by atoms with E-state index in [0.29, 0.717) is 16.9 Å². The second-order valence-corrected chi connectivity index (χ2v) is 5.15. The summed E-state index contributed by atoms with van der Waals surface area (Å²) in [6, 6.07) is 7.67. The molecule has 0 aliphatic carbocycles. The Labute approximate surface area is 107 Å². The highest BCUT2D eigenvalue weighted by atomic mass is 35.5. The van der Waals surface area contributed by atoms with Gasteiger partial charge in [-0.2, -0.15) is 0 Å². The van der Waals surface area contributed by atoms with E-state index in [-0.39, 0.29) is 0 Å². The standard InChI is InChI=1S/C10H9ClN2OS2/c1-15-10-13-12-9(14-10)6-16-8-4-2-7(11)3-5-8/h2-5H,6H2,1H3. The van der Waals surface area contributed by atoms with E-state index in [1.807, 2.05) is 30.5 Å². The van der Waals surface area contributed by atoms with Crippen molar-refractivity contribution in [1.82, 2.24) is 10.2 Å². The molecule has 0 aliphatic rings. The molecular weight excluding hydrogens is 264 g/mol. The molecule has 0 radical (unpaired) electrons. The first kappa shape index (κ1) is 11.8. The Morgan fingerprint density at radius 1 is 1.25 bits per heavy atom. The van der Waals surface area contributed by atoms with Crippen molar-refractivity contribution in [3.8, 4) is 0 Å². The van der Waals surface area contributed by atoms with Gasteiger partial charge in [-0.1, -0.05) is 23.4 Å². The molecule has 1 aromatic heterocycles. The van der Waals surface area contributed by atoms with Crippen molar-refractivity contribution >= 4 is 35.1 Å². The zero-order chi connectivity index (χ0) is 11.4. The zero-order valence-electron chi connectivity index (χ0n) is 8.51. The fourth-order valence-electron chi connectivity index (χ4n) is 1.05. The molecular formula is C10H9ClN2OS2. The second-order valence-electron chi connectivity index (χ2n) is 2.91. The first-order valence-electron chi connectivity index (χ1n) is 4.52. The zero-order valence-corrected chi connectivity index (χ0v) is 10.9. The van der Waals surface area contributed by atoms with Crippen LogP contribution in [0.1, 0.15) is 5.89 Å². The number of rotatable bonds is 4. The van der Waals surface area contributed by atoms with Gasteiger partial charge in [-0.05, 0) is 30.5 Å². The van der Waals surface area contributed by atoms with Gasteiger partial charge in [0.2, 0.25) is 5.89 Å². The molecule has 0 aliphatic heterocycles. The highest BCUT2D eigenvalue weighted by molar-refractivity contribution is 7.98. The quantitative estimate of drug-likeness (QED) is 0.793. The lowest BCUT2D eigenvalue weighted by atomic mass is 10.4. The summed E-state index contributed by atoms with van der Waals surface area (Å²) >= 11 is 8.89. The topological polar surface area (TPSA) is 38.9 Å². The molecule has 1 aromatic carbocycles. The molecule has 1 heterocycles. The summed E-state index contributed by atoms with van der Waals surface area (Å²) < 4.78 is 5.37. The summed E-state index contributed by atoms with van der Waals surface area (Å²) in [5.41, 5.74) is 0. The molecule has 2 rings (SSSR count). The predicted octanol–water partition coefficient (Wildman–Crippen LogP) is 3.74. The maximum absolute atomic E-state index is 5.80. The Kier molecular flexibility index (Phi) is 4.15. The van der Waals surface area contributed by atoms with Crippen molar-refractivity contribution in [2.45, 2.75) is 15.9 Å². The molecule has 16 heavy (non-hydrogen) atoms. The molecule has 0 N–H and O–H groups in total.